The Balaban J connectivity index is 1.35. The average molecular weight is 431 g/mol. The van der Waals surface area contributed by atoms with E-state index in [0.29, 0.717) is 23.7 Å². The zero-order valence-electron chi connectivity index (χ0n) is 17.9. The summed E-state index contributed by atoms with van der Waals surface area (Å²) in [5.74, 6) is -0.0403. The quantitative estimate of drug-likeness (QED) is 0.672. The van der Waals surface area contributed by atoms with Crippen LogP contribution in [0, 0.1) is 11.8 Å². The Hall–Kier alpha value is -2.81. The first-order chi connectivity index (χ1) is 14.9. The highest BCUT2D eigenvalue weighted by atomic mass is 16.7. The maximum atomic E-state index is 12.9. The molecule has 9 nitrogen and oxygen atoms in total. The largest absolute Gasteiger partial charge is 0.454 e. The molecule has 0 unspecified atom stereocenters. The summed E-state index contributed by atoms with van der Waals surface area (Å²) in [6.07, 6.45) is 2.07. The van der Waals surface area contributed by atoms with Crippen molar-refractivity contribution in [2.24, 2.45) is 11.8 Å². The molecule has 1 aromatic carbocycles. The summed E-state index contributed by atoms with van der Waals surface area (Å²) < 4.78 is 16.2. The number of benzene rings is 1. The van der Waals surface area contributed by atoms with Crippen molar-refractivity contribution < 1.29 is 28.6 Å². The molecule has 31 heavy (non-hydrogen) atoms. The van der Waals surface area contributed by atoms with E-state index in [1.54, 1.807) is 23.1 Å². The van der Waals surface area contributed by atoms with Crippen molar-refractivity contribution in [3.05, 3.63) is 18.2 Å². The van der Waals surface area contributed by atoms with Crippen LogP contribution in [-0.4, -0.2) is 56.4 Å². The molecule has 3 heterocycles. The van der Waals surface area contributed by atoms with Crippen LogP contribution in [0.1, 0.15) is 33.1 Å². The van der Waals surface area contributed by atoms with Crippen LogP contribution in [0.15, 0.2) is 18.2 Å². The Bertz CT molecular complexity index is 852. The normalized spacial score (nSPS) is 23.3. The molecular weight excluding hydrogens is 402 g/mol. The Morgan fingerprint density at radius 3 is 2.77 bits per heavy atom. The minimum atomic E-state index is -0.663. The predicted octanol–water partition coefficient (Wildman–Crippen LogP) is 1.20. The summed E-state index contributed by atoms with van der Waals surface area (Å²) in [4.78, 5) is 39.7. The molecule has 3 amide bonds. The molecule has 0 radical (unpaired) electrons. The molecule has 2 N–H and O–H groups in total. The van der Waals surface area contributed by atoms with Gasteiger partial charge in [0.15, 0.2) is 11.5 Å². The van der Waals surface area contributed by atoms with Crippen LogP contribution in [0.25, 0.3) is 0 Å². The van der Waals surface area contributed by atoms with E-state index in [4.69, 9.17) is 14.2 Å². The third kappa shape index (κ3) is 4.76. The Labute approximate surface area is 181 Å². The Morgan fingerprint density at radius 1 is 1.23 bits per heavy atom. The molecule has 2 fully saturated rings. The summed E-state index contributed by atoms with van der Waals surface area (Å²) >= 11 is 0. The molecule has 1 aromatic rings. The number of nitrogens with one attached hydrogen (secondary N) is 2. The van der Waals surface area contributed by atoms with E-state index in [0.717, 1.165) is 19.4 Å². The fourth-order valence-corrected chi connectivity index (χ4v) is 4.12. The van der Waals surface area contributed by atoms with Gasteiger partial charge in [0.05, 0.1) is 12.0 Å². The molecule has 3 aliphatic heterocycles. The molecule has 168 valence electrons. The minimum absolute atomic E-state index is 0.0372. The first-order valence-corrected chi connectivity index (χ1v) is 10.8. The minimum Gasteiger partial charge on any atom is -0.454 e. The second-order valence-electron chi connectivity index (χ2n) is 8.55. The fourth-order valence-electron chi connectivity index (χ4n) is 4.12. The standard InChI is InChI=1S/C22H29N3O6/c1-13(2)20(22(28)23-10-16-4-3-7-29-16)24-21(27)14-8-19(26)25(11-14)15-5-6-17-18(9-15)31-12-30-17/h5-6,9,13-14,16,20H,3-4,7-8,10-12H2,1-2H3,(H,23,28)(H,24,27)/t14-,16-,20-/m0/s1. The average Bonchev–Trinajstić information content (AvgIpc) is 3.49. The van der Waals surface area contributed by atoms with Crippen LogP contribution in [-0.2, 0) is 19.1 Å². The second-order valence-corrected chi connectivity index (χ2v) is 8.55. The lowest BCUT2D eigenvalue weighted by Crippen LogP contribution is -2.52. The molecule has 3 aliphatic rings. The van der Waals surface area contributed by atoms with Gasteiger partial charge in [0.1, 0.15) is 6.04 Å². The monoisotopic (exact) mass is 431 g/mol. The van der Waals surface area contributed by atoms with Gasteiger partial charge < -0.3 is 29.7 Å². The highest BCUT2D eigenvalue weighted by molar-refractivity contribution is 6.01. The maximum absolute atomic E-state index is 12.9. The first kappa shape index (κ1) is 21.4. The van der Waals surface area contributed by atoms with Gasteiger partial charge in [0.25, 0.3) is 0 Å². The van der Waals surface area contributed by atoms with Crippen molar-refractivity contribution in [3.8, 4) is 11.5 Å². The van der Waals surface area contributed by atoms with Crippen molar-refractivity contribution in [1.29, 1.82) is 0 Å². The van der Waals surface area contributed by atoms with E-state index in [1.165, 1.54) is 0 Å². The van der Waals surface area contributed by atoms with E-state index in [1.807, 2.05) is 13.8 Å². The third-order valence-corrected chi connectivity index (χ3v) is 5.94. The number of ether oxygens (including phenoxy) is 3. The Morgan fingerprint density at radius 2 is 2.03 bits per heavy atom. The molecule has 2 saturated heterocycles. The van der Waals surface area contributed by atoms with Crippen LogP contribution in [0.3, 0.4) is 0 Å². The van der Waals surface area contributed by atoms with Gasteiger partial charge >= 0.3 is 0 Å². The number of carbonyl (C=O) groups excluding carboxylic acids is 3. The van der Waals surface area contributed by atoms with Crippen LogP contribution in [0.4, 0.5) is 5.69 Å². The third-order valence-electron chi connectivity index (χ3n) is 5.94. The van der Waals surface area contributed by atoms with Crippen molar-refractivity contribution in [3.63, 3.8) is 0 Å². The zero-order valence-corrected chi connectivity index (χ0v) is 17.9. The van der Waals surface area contributed by atoms with E-state index in [-0.39, 0.29) is 49.5 Å². The predicted molar refractivity (Wildman–Crippen MR) is 112 cm³/mol. The molecule has 0 saturated carbocycles. The van der Waals surface area contributed by atoms with E-state index >= 15 is 0 Å². The number of amides is 3. The molecule has 0 aliphatic carbocycles. The number of anilines is 1. The van der Waals surface area contributed by atoms with Gasteiger partial charge in [-0.1, -0.05) is 13.8 Å². The van der Waals surface area contributed by atoms with Crippen molar-refractivity contribution in [2.75, 3.05) is 31.4 Å². The van der Waals surface area contributed by atoms with E-state index in [9.17, 15) is 14.4 Å². The molecule has 9 heteroatoms. The lowest BCUT2D eigenvalue weighted by Gasteiger charge is -2.24. The van der Waals surface area contributed by atoms with Crippen LogP contribution in [0.5, 0.6) is 11.5 Å². The van der Waals surface area contributed by atoms with Gasteiger partial charge in [0.2, 0.25) is 24.5 Å². The molecule has 0 aromatic heterocycles. The number of hydrogen-bond donors (Lipinski definition) is 2. The molecule has 4 rings (SSSR count). The van der Waals surface area contributed by atoms with Gasteiger partial charge in [-0.3, -0.25) is 14.4 Å². The summed E-state index contributed by atoms with van der Waals surface area (Å²) in [6, 6.07) is 4.62. The maximum Gasteiger partial charge on any atom is 0.242 e. The number of fused-ring (bicyclic) bond motifs is 1. The highest BCUT2D eigenvalue weighted by Gasteiger charge is 2.37. The van der Waals surface area contributed by atoms with Crippen LogP contribution in [0.2, 0.25) is 0 Å². The van der Waals surface area contributed by atoms with Gasteiger partial charge in [-0.15, -0.1) is 0 Å². The lowest BCUT2D eigenvalue weighted by molar-refractivity contribution is -0.132. The lowest BCUT2D eigenvalue weighted by atomic mass is 10.0. The summed E-state index contributed by atoms with van der Waals surface area (Å²) in [6.45, 7) is 5.35. The topological polar surface area (TPSA) is 106 Å². The highest BCUT2D eigenvalue weighted by Crippen LogP contribution is 2.37. The molecular formula is C22H29N3O6. The van der Waals surface area contributed by atoms with Crippen LogP contribution < -0.4 is 25.0 Å². The smallest absolute Gasteiger partial charge is 0.242 e. The van der Waals surface area contributed by atoms with Crippen molar-refractivity contribution >= 4 is 23.4 Å². The molecule has 0 spiro atoms. The summed E-state index contributed by atoms with van der Waals surface area (Å²) in [5.41, 5.74) is 0.666. The van der Waals surface area contributed by atoms with Crippen LogP contribution >= 0.6 is 0 Å². The number of nitrogens with zero attached hydrogens (tertiary/aromatic N) is 1. The fraction of sp³-hybridized carbons (Fsp3) is 0.591. The Kier molecular flexibility index (Phi) is 6.31. The van der Waals surface area contributed by atoms with Gasteiger partial charge in [-0.2, -0.15) is 0 Å². The van der Waals surface area contributed by atoms with E-state index < -0.39 is 12.0 Å². The number of rotatable bonds is 7. The van der Waals surface area contributed by atoms with Crippen molar-refractivity contribution in [1.82, 2.24) is 10.6 Å². The zero-order chi connectivity index (χ0) is 22.0. The molecule has 0 bridgehead atoms. The van der Waals surface area contributed by atoms with Crippen molar-refractivity contribution in [2.45, 2.75) is 45.3 Å². The second kappa shape index (κ2) is 9.13. The summed E-state index contributed by atoms with van der Waals surface area (Å²) in [7, 11) is 0. The molecule has 3 atom stereocenters. The van der Waals surface area contributed by atoms with Gasteiger partial charge in [-0.05, 0) is 30.9 Å². The van der Waals surface area contributed by atoms with E-state index in [2.05, 4.69) is 10.6 Å². The number of carbonyl (C=O) groups is 3. The van der Waals surface area contributed by atoms with Gasteiger partial charge in [-0.25, -0.2) is 0 Å². The number of hydrogen-bond acceptors (Lipinski definition) is 6. The first-order valence-electron chi connectivity index (χ1n) is 10.8. The summed E-state index contributed by atoms with van der Waals surface area (Å²) in [5, 5.41) is 5.74. The van der Waals surface area contributed by atoms with Gasteiger partial charge in [0, 0.05) is 37.9 Å². The SMILES string of the molecule is CC(C)[C@H](NC(=O)[C@H]1CC(=O)N(c2ccc3c(c2)OCO3)C1)C(=O)NC[C@@H]1CCCO1.